The molecule has 62 heavy (non-hydrogen) atoms. The molecule has 2 aliphatic rings. The Balaban J connectivity index is 1.03. The Bertz CT molecular complexity index is 2660. The van der Waals surface area contributed by atoms with Gasteiger partial charge in [0.15, 0.2) is 0 Å². The predicted molar refractivity (Wildman–Crippen MR) is 235 cm³/mol. The van der Waals surface area contributed by atoms with E-state index in [-0.39, 0.29) is 30.3 Å². The normalized spacial score (nSPS) is 19.8. The van der Waals surface area contributed by atoms with Crippen LogP contribution < -0.4 is 10.6 Å². The summed E-state index contributed by atoms with van der Waals surface area (Å²) in [6.07, 6.45) is 1.40. The van der Waals surface area contributed by atoms with Gasteiger partial charge in [0.2, 0.25) is 11.8 Å². The second kappa shape index (κ2) is 16.6. The number of likely N-dealkylation sites (tertiary alicyclic amines) is 1. The van der Waals surface area contributed by atoms with E-state index < -0.39 is 63.7 Å². The Labute approximate surface area is 358 Å². The topological polar surface area (TPSA) is 182 Å². The monoisotopic (exact) mass is 868 g/mol. The summed E-state index contributed by atoms with van der Waals surface area (Å²) in [4.78, 5) is 58.1. The molecular formula is C45H54F2N8O6Si. The largest absolute Gasteiger partial charge is 0.456 e. The Morgan fingerprint density at radius 2 is 1.73 bits per heavy atom. The van der Waals surface area contributed by atoms with Crippen molar-refractivity contribution in [1.82, 2.24) is 40.4 Å². The van der Waals surface area contributed by atoms with Gasteiger partial charge in [0, 0.05) is 47.1 Å². The van der Waals surface area contributed by atoms with Crippen LogP contribution in [0.1, 0.15) is 57.8 Å². The Morgan fingerprint density at radius 3 is 2.45 bits per heavy atom. The summed E-state index contributed by atoms with van der Waals surface area (Å²) in [5.74, 6) is -1.98. The fourth-order valence-corrected chi connectivity index (χ4v) is 11.9. The quantitative estimate of drug-likeness (QED) is 0.0777. The zero-order chi connectivity index (χ0) is 44.2. The summed E-state index contributed by atoms with van der Waals surface area (Å²) in [5, 5.41) is 17.5. The maximum atomic E-state index is 15.0. The molecule has 0 spiro atoms. The van der Waals surface area contributed by atoms with E-state index in [4.69, 9.17) is 19.1 Å². The number of amides is 3. The molecule has 328 valence electrons. The maximum Gasteiger partial charge on any atom is 0.407 e. The molecule has 5 heterocycles. The number of ether oxygens (including phenoxy) is 1. The zero-order valence-corrected chi connectivity index (χ0v) is 37.0. The molecule has 2 aliphatic heterocycles. The van der Waals surface area contributed by atoms with Crippen molar-refractivity contribution < 1.29 is 37.4 Å². The number of imidazole rings is 2. The average molecular weight is 869 g/mol. The number of methoxy groups -OCH3 is 1. The number of carbonyl (C=O) groups excluding carboxylic acids is 3. The molecule has 0 saturated carbocycles. The van der Waals surface area contributed by atoms with Gasteiger partial charge >= 0.3 is 6.09 Å². The number of alkyl halides is 2. The number of alkyl carbamates (subject to hydrolysis) is 1. The van der Waals surface area contributed by atoms with Crippen molar-refractivity contribution in [3.63, 3.8) is 0 Å². The summed E-state index contributed by atoms with van der Waals surface area (Å²) >= 11 is 0. The van der Waals surface area contributed by atoms with Crippen molar-refractivity contribution in [2.45, 2.75) is 83.3 Å². The van der Waals surface area contributed by atoms with E-state index in [1.54, 1.807) is 11.1 Å². The van der Waals surface area contributed by atoms with Crippen LogP contribution in [0.5, 0.6) is 0 Å². The number of hydrogen-bond donors (Lipinski definition) is 5. The Kier molecular flexibility index (Phi) is 11.5. The summed E-state index contributed by atoms with van der Waals surface area (Å²) in [7, 11) is -0.506. The van der Waals surface area contributed by atoms with Crippen LogP contribution in [0.3, 0.4) is 0 Å². The fraction of sp³-hybridized carbons (Fsp3) is 0.444. The van der Waals surface area contributed by atoms with Crippen LogP contribution in [0.15, 0.2) is 65.2 Å². The molecule has 6 aromatic rings. The molecule has 0 unspecified atom stereocenters. The molecule has 0 radical (unpaired) electrons. The second-order valence-corrected chi connectivity index (χ2v) is 23.4. The molecule has 3 aromatic heterocycles. The summed E-state index contributed by atoms with van der Waals surface area (Å²) in [5.41, 5.74) is 4.70. The third kappa shape index (κ3) is 8.57. The molecule has 14 nitrogen and oxygen atoms in total. The minimum Gasteiger partial charge on any atom is -0.456 e. The number of carbonyl (C=O) groups is 3. The fourth-order valence-electron chi connectivity index (χ4n) is 9.03. The first kappa shape index (κ1) is 43.0. The van der Waals surface area contributed by atoms with E-state index in [0.717, 1.165) is 44.5 Å². The lowest BCUT2D eigenvalue weighted by atomic mass is 10.0. The number of benzene rings is 3. The third-order valence-electron chi connectivity index (χ3n) is 12.3. The highest BCUT2D eigenvalue weighted by Gasteiger charge is 2.48. The van der Waals surface area contributed by atoms with Gasteiger partial charge in [-0.1, -0.05) is 59.0 Å². The molecule has 5 N–H and O–H groups in total. The van der Waals surface area contributed by atoms with Gasteiger partial charge in [-0.15, -0.1) is 0 Å². The zero-order valence-electron chi connectivity index (χ0n) is 36.0. The molecule has 8 rings (SSSR count). The lowest BCUT2D eigenvalue weighted by Crippen LogP contribution is -2.52. The summed E-state index contributed by atoms with van der Waals surface area (Å²) < 4.78 is 41.1. The van der Waals surface area contributed by atoms with Crippen LogP contribution in [-0.2, 0) is 14.3 Å². The number of aromatic amines is 2. The average Bonchev–Trinajstić information content (AvgIpc) is 4.07. The minimum absolute atomic E-state index is 0.0433. The van der Waals surface area contributed by atoms with E-state index in [1.807, 2.05) is 87.2 Å². The van der Waals surface area contributed by atoms with Crippen molar-refractivity contribution in [3.8, 4) is 22.6 Å². The van der Waals surface area contributed by atoms with Gasteiger partial charge < -0.3 is 39.8 Å². The van der Waals surface area contributed by atoms with Crippen LogP contribution >= 0.6 is 0 Å². The van der Waals surface area contributed by atoms with Crippen molar-refractivity contribution in [2.24, 2.45) is 11.8 Å². The Morgan fingerprint density at radius 1 is 0.968 bits per heavy atom. The maximum absolute atomic E-state index is 15.0. The lowest BCUT2D eigenvalue weighted by Gasteiger charge is -2.30. The molecule has 2 saturated heterocycles. The molecule has 2 fully saturated rings. The smallest absolute Gasteiger partial charge is 0.407 e. The van der Waals surface area contributed by atoms with E-state index >= 15 is 0 Å². The first-order valence-electron chi connectivity index (χ1n) is 21.1. The van der Waals surface area contributed by atoms with Crippen molar-refractivity contribution >= 4 is 58.8 Å². The number of aromatic nitrogens is 4. The number of hydrogen-bond acceptors (Lipinski definition) is 9. The SMILES string of the molecule is COC(=O)N[C@H](C(=O)N1C[Si](C)(C)C[C@H]1c1ncc(-c2ccc3oc(-c4ccc5c(ccc6[nH]c([C@@H]7CC(F)(F)CN7C[C@@H](NC(=O)CO)C(C)C)nc65)c4)cc3c2)[nH]1)C(C)C. The molecule has 0 aliphatic carbocycles. The number of aliphatic hydroxyl groups excluding tert-OH is 1. The van der Waals surface area contributed by atoms with Crippen molar-refractivity contribution in [1.29, 1.82) is 0 Å². The molecule has 4 atom stereocenters. The van der Waals surface area contributed by atoms with Crippen molar-refractivity contribution in [3.05, 3.63) is 72.4 Å². The highest BCUT2D eigenvalue weighted by Crippen LogP contribution is 2.42. The van der Waals surface area contributed by atoms with Gasteiger partial charge in [-0.25, -0.2) is 23.5 Å². The second-order valence-electron chi connectivity index (χ2n) is 18.4. The first-order chi connectivity index (χ1) is 29.4. The van der Waals surface area contributed by atoms with Crippen LogP contribution in [-0.4, -0.2) is 112 Å². The standard InChI is InChI=1S/C45H54F2N8O6Si/c1-24(2)33(49-38(57)20-56)19-54-22-45(46,47)17-34(54)42-50-31-12-9-26-14-28(8-11-30(26)40(31)52-42)37-16-29-15-27(10-13-36(29)61-37)32-18-48-41(51-32)35-21-62(6,7)23-55(35)43(58)39(25(3)4)53-44(59)60-5/h8-16,18,24-25,33-35,39,56H,17,19-23H2,1-7H3,(H,48,51)(H,49,57)(H,50,52)(H,53,59)/t33-,34+,35+,39+/m1/s1. The van der Waals surface area contributed by atoms with Crippen LogP contribution in [0.2, 0.25) is 19.1 Å². The molecule has 17 heteroatoms. The number of nitrogens with one attached hydrogen (secondary N) is 4. The number of nitrogens with zero attached hydrogens (tertiary/aromatic N) is 4. The predicted octanol–water partition coefficient (Wildman–Crippen LogP) is 7.55. The molecule has 3 amide bonds. The highest BCUT2D eigenvalue weighted by molar-refractivity contribution is 6.78. The number of aliphatic hydroxyl groups is 1. The van der Waals surface area contributed by atoms with E-state index in [1.165, 1.54) is 7.11 Å². The highest BCUT2D eigenvalue weighted by atomic mass is 28.3. The summed E-state index contributed by atoms with van der Waals surface area (Å²) in [6, 6.07) is 16.5. The van der Waals surface area contributed by atoms with Gasteiger partial charge in [0.1, 0.15) is 35.6 Å². The number of fused-ring (bicyclic) bond motifs is 4. The minimum atomic E-state index is -2.93. The first-order valence-corrected chi connectivity index (χ1v) is 24.5. The van der Waals surface area contributed by atoms with Crippen LogP contribution in [0, 0.1) is 11.8 Å². The van der Waals surface area contributed by atoms with Gasteiger partial charge in [0.25, 0.3) is 5.92 Å². The third-order valence-corrected chi connectivity index (χ3v) is 15.0. The van der Waals surface area contributed by atoms with Crippen LogP contribution in [0.4, 0.5) is 13.6 Å². The van der Waals surface area contributed by atoms with E-state index in [2.05, 4.69) is 33.7 Å². The number of furan rings is 1. The Hall–Kier alpha value is -5.65. The van der Waals surface area contributed by atoms with Gasteiger partial charge in [0.05, 0.1) is 56.7 Å². The molecular weight excluding hydrogens is 815 g/mol. The van der Waals surface area contributed by atoms with Crippen LogP contribution in [0.25, 0.3) is 55.4 Å². The van der Waals surface area contributed by atoms with Crippen molar-refractivity contribution in [2.75, 3.05) is 33.0 Å². The number of halogens is 2. The van der Waals surface area contributed by atoms with Gasteiger partial charge in [-0.3, -0.25) is 14.5 Å². The molecule has 3 aromatic carbocycles. The van der Waals surface area contributed by atoms with Gasteiger partial charge in [-0.2, -0.15) is 0 Å². The van der Waals surface area contributed by atoms with E-state index in [0.29, 0.717) is 34.7 Å². The van der Waals surface area contributed by atoms with Gasteiger partial charge in [-0.05, 0) is 59.7 Å². The number of rotatable bonds is 12. The molecule has 0 bridgehead atoms. The van der Waals surface area contributed by atoms with E-state index in [9.17, 15) is 28.3 Å². The number of H-pyrrole nitrogens is 2. The lowest BCUT2D eigenvalue weighted by molar-refractivity contribution is -0.135. The summed E-state index contributed by atoms with van der Waals surface area (Å²) in [6.45, 7) is 11.2.